The molecule has 0 radical (unpaired) electrons. The molecule has 0 atom stereocenters. The molecule has 1 heterocycles. The molecule has 0 aromatic heterocycles. The minimum Gasteiger partial charge on any atom is -0.444 e. The van der Waals surface area contributed by atoms with Crippen LogP contribution in [0, 0.1) is 11.8 Å². The van der Waals surface area contributed by atoms with Crippen molar-refractivity contribution in [2.45, 2.75) is 66.4 Å². The molecule has 1 saturated heterocycles. The second-order valence-electron chi connectivity index (χ2n) is 8.88. The molecule has 7 nitrogen and oxygen atoms in total. The van der Waals surface area contributed by atoms with Gasteiger partial charge < -0.3 is 25.0 Å². The Hall–Kier alpha value is -1.50. The van der Waals surface area contributed by atoms with E-state index in [0.29, 0.717) is 11.8 Å². The van der Waals surface area contributed by atoms with Crippen LogP contribution in [0.15, 0.2) is 4.99 Å². The SMILES string of the molecule is CCNC(=NCC1CCN(C(=O)OC(C)(C)C)CC1)NCCCOCC(C)C. The highest BCUT2D eigenvalue weighted by Crippen LogP contribution is 2.19. The van der Waals surface area contributed by atoms with E-state index in [1.54, 1.807) is 0 Å². The quantitative estimate of drug-likeness (QED) is 0.354. The maximum atomic E-state index is 12.1. The van der Waals surface area contributed by atoms with E-state index in [2.05, 4.69) is 31.4 Å². The summed E-state index contributed by atoms with van der Waals surface area (Å²) in [4.78, 5) is 18.7. The number of carbonyl (C=O) groups excluding carboxylic acids is 1. The largest absolute Gasteiger partial charge is 0.444 e. The molecule has 0 aliphatic carbocycles. The van der Waals surface area contributed by atoms with Crippen LogP contribution in [0.25, 0.3) is 0 Å². The van der Waals surface area contributed by atoms with E-state index in [1.165, 1.54) is 0 Å². The van der Waals surface area contributed by atoms with Gasteiger partial charge in [-0.1, -0.05) is 13.8 Å². The average molecular weight is 399 g/mol. The predicted octanol–water partition coefficient (Wildman–Crippen LogP) is 3.25. The maximum absolute atomic E-state index is 12.1. The predicted molar refractivity (Wildman–Crippen MR) is 115 cm³/mol. The van der Waals surface area contributed by atoms with Crippen LogP contribution < -0.4 is 10.6 Å². The van der Waals surface area contributed by atoms with Crippen LogP contribution in [0.3, 0.4) is 0 Å². The number of ether oxygens (including phenoxy) is 2. The van der Waals surface area contributed by atoms with E-state index < -0.39 is 5.60 Å². The molecule has 7 heteroatoms. The van der Waals surface area contributed by atoms with Crippen molar-refractivity contribution in [1.82, 2.24) is 15.5 Å². The van der Waals surface area contributed by atoms with Gasteiger partial charge in [0.2, 0.25) is 0 Å². The molecule has 0 aromatic carbocycles. The molecule has 0 spiro atoms. The van der Waals surface area contributed by atoms with E-state index in [-0.39, 0.29) is 6.09 Å². The fourth-order valence-corrected chi connectivity index (χ4v) is 2.89. The summed E-state index contributed by atoms with van der Waals surface area (Å²) in [6.07, 6.45) is 2.69. The van der Waals surface area contributed by atoms with Crippen LogP contribution in [0.5, 0.6) is 0 Å². The van der Waals surface area contributed by atoms with E-state index in [9.17, 15) is 4.79 Å². The van der Waals surface area contributed by atoms with Gasteiger partial charge in [-0.2, -0.15) is 0 Å². The first-order chi connectivity index (χ1) is 13.2. The molecular weight excluding hydrogens is 356 g/mol. The first kappa shape index (κ1) is 24.5. The van der Waals surface area contributed by atoms with E-state index in [0.717, 1.165) is 71.2 Å². The Kier molecular flexibility index (Phi) is 11.3. The third-order valence-electron chi connectivity index (χ3n) is 4.33. The number of aliphatic imine (C=N–C) groups is 1. The topological polar surface area (TPSA) is 75.2 Å². The van der Waals surface area contributed by atoms with Gasteiger partial charge in [0.05, 0.1) is 0 Å². The number of carbonyl (C=O) groups is 1. The van der Waals surface area contributed by atoms with Crippen LogP contribution in [0.4, 0.5) is 4.79 Å². The molecule has 0 saturated carbocycles. The van der Waals surface area contributed by atoms with Crippen molar-refractivity contribution in [3.8, 4) is 0 Å². The number of amides is 1. The van der Waals surface area contributed by atoms with Crippen LogP contribution >= 0.6 is 0 Å². The summed E-state index contributed by atoms with van der Waals surface area (Å²) in [5.41, 5.74) is -0.440. The molecule has 0 aromatic rings. The van der Waals surface area contributed by atoms with Crippen LogP contribution in [0.1, 0.15) is 60.8 Å². The summed E-state index contributed by atoms with van der Waals surface area (Å²) in [5.74, 6) is 1.94. The minimum absolute atomic E-state index is 0.204. The molecule has 0 bridgehead atoms. The van der Waals surface area contributed by atoms with Gasteiger partial charge in [-0.05, 0) is 58.8 Å². The highest BCUT2D eigenvalue weighted by atomic mass is 16.6. The number of guanidine groups is 1. The first-order valence-corrected chi connectivity index (χ1v) is 10.8. The summed E-state index contributed by atoms with van der Waals surface area (Å²) >= 11 is 0. The number of likely N-dealkylation sites (tertiary alicyclic amines) is 1. The second-order valence-corrected chi connectivity index (χ2v) is 8.88. The Morgan fingerprint density at radius 3 is 2.46 bits per heavy atom. The smallest absolute Gasteiger partial charge is 0.410 e. The number of nitrogens with zero attached hydrogens (tertiary/aromatic N) is 2. The zero-order valence-electron chi connectivity index (χ0n) is 18.8. The van der Waals surface area contributed by atoms with E-state index >= 15 is 0 Å². The lowest BCUT2D eigenvalue weighted by Crippen LogP contribution is -2.42. The van der Waals surface area contributed by atoms with Crippen molar-refractivity contribution in [2.75, 3.05) is 45.9 Å². The molecule has 164 valence electrons. The average Bonchev–Trinajstić information content (AvgIpc) is 2.61. The summed E-state index contributed by atoms with van der Waals surface area (Å²) in [5, 5.41) is 6.67. The molecule has 1 aliphatic rings. The maximum Gasteiger partial charge on any atom is 0.410 e. The monoisotopic (exact) mass is 398 g/mol. The van der Waals surface area contributed by atoms with Crippen molar-refractivity contribution in [2.24, 2.45) is 16.8 Å². The standard InChI is InChI=1S/C21H42N4O3/c1-7-22-19(23-11-8-14-27-16-17(2)3)24-15-18-9-12-25(13-10-18)20(26)28-21(4,5)6/h17-18H,7-16H2,1-6H3,(H2,22,23,24). The Bertz CT molecular complexity index is 467. The van der Waals surface area contributed by atoms with Crippen molar-refractivity contribution < 1.29 is 14.3 Å². The fourth-order valence-electron chi connectivity index (χ4n) is 2.89. The Balaban J connectivity index is 2.30. The van der Waals surface area contributed by atoms with Crippen LogP contribution in [-0.2, 0) is 9.47 Å². The number of hydrogen-bond donors (Lipinski definition) is 2. The Labute approximate surface area is 171 Å². The fraction of sp³-hybridized carbons (Fsp3) is 0.905. The van der Waals surface area contributed by atoms with Gasteiger partial charge >= 0.3 is 6.09 Å². The number of nitrogens with one attached hydrogen (secondary N) is 2. The van der Waals surface area contributed by atoms with Crippen LogP contribution in [-0.4, -0.2) is 68.5 Å². The summed E-state index contributed by atoms with van der Waals surface area (Å²) in [6, 6.07) is 0. The molecule has 1 rings (SSSR count). The van der Waals surface area contributed by atoms with E-state index in [4.69, 9.17) is 14.5 Å². The van der Waals surface area contributed by atoms with Crippen molar-refractivity contribution in [3.05, 3.63) is 0 Å². The minimum atomic E-state index is -0.440. The molecule has 1 amide bonds. The van der Waals surface area contributed by atoms with Gasteiger partial charge in [0.1, 0.15) is 5.60 Å². The molecule has 28 heavy (non-hydrogen) atoms. The zero-order chi connectivity index (χ0) is 21.0. The van der Waals surface area contributed by atoms with Gasteiger partial charge in [-0.3, -0.25) is 4.99 Å². The van der Waals surface area contributed by atoms with Gasteiger partial charge in [0.25, 0.3) is 0 Å². The molecular formula is C21H42N4O3. The van der Waals surface area contributed by atoms with Crippen LogP contribution in [0.2, 0.25) is 0 Å². The van der Waals surface area contributed by atoms with Gasteiger partial charge in [0.15, 0.2) is 5.96 Å². The molecule has 0 unspecified atom stereocenters. The lowest BCUT2D eigenvalue weighted by Gasteiger charge is -2.33. The van der Waals surface area contributed by atoms with E-state index in [1.807, 2.05) is 25.7 Å². The number of hydrogen-bond acceptors (Lipinski definition) is 4. The summed E-state index contributed by atoms with van der Waals surface area (Å²) in [7, 11) is 0. The second kappa shape index (κ2) is 12.9. The Morgan fingerprint density at radius 1 is 1.21 bits per heavy atom. The van der Waals surface area contributed by atoms with Crippen molar-refractivity contribution in [3.63, 3.8) is 0 Å². The number of rotatable bonds is 9. The van der Waals surface area contributed by atoms with Gasteiger partial charge in [0, 0.05) is 45.9 Å². The normalized spacial score (nSPS) is 16.4. The highest BCUT2D eigenvalue weighted by molar-refractivity contribution is 5.79. The van der Waals surface area contributed by atoms with Gasteiger partial charge in [-0.15, -0.1) is 0 Å². The molecule has 1 aliphatic heterocycles. The lowest BCUT2D eigenvalue weighted by molar-refractivity contribution is 0.0187. The summed E-state index contributed by atoms with van der Waals surface area (Å²) < 4.78 is 11.1. The third kappa shape index (κ3) is 11.4. The third-order valence-corrected chi connectivity index (χ3v) is 4.33. The highest BCUT2D eigenvalue weighted by Gasteiger charge is 2.26. The zero-order valence-corrected chi connectivity index (χ0v) is 18.8. The Morgan fingerprint density at radius 2 is 1.89 bits per heavy atom. The van der Waals surface area contributed by atoms with Crippen molar-refractivity contribution >= 4 is 12.1 Å². The number of piperidine rings is 1. The summed E-state index contributed by atoms with van der Waals surface area (Å²) in [6.45, 7) is 17.6. The molecule has 1 fully saturated rings. The van der Waals surface area contributed by atoms with Crippen molar-refractivity contribution in [1.29, 1.82) is 0 Å². The molecule has 2 N–H and O–H groups in total. The lowest BCUT2D eigenvalue weighted by atomic mass is 9.97. The first-order valence-electron chi connectivity index (χ1n) is 10.8. The van der Waals surface area contributed by atoms with Gasteiger partial charge in [-0.25, -0.2) is 4.79 Å².